The van der Waals surface area contributed by atoms with Crippen molar-refractivity contribution in [1.29, 1.82) is 0 Å². The van der Waals surface area contributed by atoms with Gasteiger partial charge >= 0.3 is 0 Å². The Morgan fingerprint density at radius 2 is 1.94 bits per heavy atom. The topological polar surface area (TPSA) is 35.2 Å². The molecule has 0 saturated heterocycles. The highest BCUT2D eigenvalue weighted by atomic mass is 16.5. The molecule has 2 nitrogen and oxygen atoms in total. The Bertz CT molecular complexity index is 350. The molecule has 0 aliphatic heterocycles. The number of benzene rings is 1. The largest absolute Gasteiger partial charge is 0.496 e. The summed E-state index contributed by atoms with van der Waals surface area (Å²) in [5.74, 6) is 1.47. The minimum absolute atomic E-state index is 0.205. The van der Waals surface area contributed by atoms with Crippen LogP contribution in [0.15, 0.2) is 18.2 Å². The minimum atomic E-state index is -0.205. The summed E-state index contributed by atoms with van der Waals surface area (Å²) < 4.78 is 5.37. The molecule has 0 radical (unpaired) electrons. The van der Waals surface area contributed by atoms with Gasteiger partial charge in [-0.1, -0.05) is 26.0 Å². The molecule has 1 aromatic rings. The first-order chi connectivity index (χ1) is 7.33. The van der Waals surface area contributed by atoms with Crippen molar-refractivity contribution in [1.82, 2.24) is 0 Å². The van der Waals surface area contributed by atoms with Gasteiger partial charge < -0.3 is 10.5 Å². The lowest BCUT2D eigenvalue weighted by Gasteiger charge is -2.21. The fraction of sp³-hybridized carbons (Fsp3) is 0.571. The summed E-state index contributed by atoms with van der Waals surface area (Å²) in [5, 5.41) is 0. The fourth-order valence-corrected chi connectivity index (χ4v) is 1.79. The summed E-state index contributed by atoms with van der Waals surface area (Å²) >= 11 is 0. The first kappa shape index (κ1) is 13.0. The van der Waals surface area contributed by atoms with E-state index < -0.39 is 0 Å². The van der Waals surface area contributed by atoms with Gasteiger partial charge in [0.05, 0.1) is 7.11 Å². The zero-order valence-electron chi connectivity index (χ0n) is 11.0. The lowest BCUT2D eigenvalue weighted by Crippen LogP contribution is -2.34. The molecule has 2 heteroatoms. The van der Waals surface area contributed by atoms with Crippen LogP contribution in [0.3, 0.4) is 0 Å². The molecule has 0 bridgehead atoms. The average Bonchev–Trinajstić information content (AvgIpc) is 2.15. The van der Waals surface area contributed by atoms with E-state index >= 15 is 0 Å². The molecule has 0 atom stereocenters. The molecule has 0 spiro atoms. The van der Waals surface area contributed by atoms with Gasteiger partial charge in [-0.2, -0.15) is 0 Å². The third-order valence-electron chi connectivity index (χ3n) is 2.62. The Hall–Kier alpha value is -1.02. The predicted molar refractivity (Wildman–Crippen MR) is 69.1 cm³/mol. The van der Waals surface area contributed by atoms with Gasteiger partial charge in [0.2, 0.25) is 0 Å². The second-order valence-electron chi connectivity index (χ2n) is 5.39. The molecule has 2 N–H and O–H groups in total. The van der Waals surface area contributed by atoms with E-state index in [0.717, 1.165) is 12.2 Å². The molecule has 16 heavy (non-hydrogen) atoms. The third-order valence-corrected chi connectivity index (χ3v) is 2.62. The smallest absolute Gasteiger partial charge is 0.122 e. The highest BCUT2D eigenvalue weighted by molar-refractivity contribution is 5.39. The van der Waals surface area contributed by atoms with Crippen molar-refractivity contribution >= 4 is 0 Å². The maximum absolute atomic E-state index is 6.06. The van der Waals surface area contributed by atoms with E-state index in [1.165, 1.54) is 11.1 Å². The van der Waals surface area contributed by atoms with Crippen LogP contribution in [0.25, 0.3) is 0 Å². The van der Waals surface area contributed by atoms with Gasteiger partial charge in [0, 0.05) is 5.54 Å². The first-order valence-corrected chi connectivity index (χ1v) is 5.79. The molecule has 90 valence electrons. The van der Waals surface area contributed by atoms with E-state index in [0.29, 0.717) is 5.92 Å². The molecule has 0 aliphatic rings. The van der Waals surface area contributed by atoms with E-state index in [-0.39, 0.29) is 5.54 Å². The van der Waals surface area contributed by atoms with Gasteiger partial charge in [0.25, 0.3) is 0 Å². The van der Waals surface area contributed by atoms with Crippen molar-refractivity contribution < 1.29 is 4.74 Å². The Morgan fingerprint density at radius 1 is 1.31 bits per heavy atom. The van der Waals surface area contributed by atoms with Crippen LogP contribution in [0.5, 0.6) is 5.75 Å². The SMILES string of the molecule is COc1ccc(C(C)C)cc1CC(C)(C)N. The van der Waals surface area contributed by atoms with Crippen molar-refractivity contribution in [3.05, 3.63) is 29.3 Å². The maximum atomic E-state index is 6.06. The molecule has 0 heterocycles. The van der Waals surface area contributed by atoms with Crippen LogP contribution >= 0.6 is 0 Å². The lowest BCUT2D eigenvalue weighted by atomic mass is 9.92. The Kier molecular flexibility index (Phi) is 3.98. The lowest BCUT2D eigenvalue weighted by molar-refractivity contribution is 0.402. The summed E-state index contributed by atoms with van der Waals surface area (Å²) in [7, 11) is 1.71. The van der Waals surface area contributed by atoms with E-state index in [1.807, 2.05) is 19.9 Å². The van der Waals surface area contributed by atoms with Crippen molar-refractivity contribution in [3.8, 4) is 5.75 Å². The summed E-state index contributed by atoms with van der Waals surface area (Å²) in [6.07, 6.45) is 0.830. The van der Waals surface area contributed by atoms with Crippen molar-refractivity contribution in [2.45, 2.75) is 45.6 Å². The van der Waals surface area contributed by atoms with Crippen molar-refractivity contribution in [3.63, 3.8) is 0 Å². The second kappa shape index (κ2) is 4.88. The monoisotopic (exact) mass is 221 g/mol. The highest BCUT2D eigenvalue weighted by Crippen LogP contribution is 2.26. The summed E-state index contributed by atoms with van der Waals surface area (Å²) in [4.78, 5) is 0. The predicted octanol–water partition coefficient (Wildman–Crippen LogP) is 3.10. The van der Waals surface area contributed by atoms with Crippen LogP contribution in [0.4, 0.5) is 0 Å². The molecule has 1 aromatic carbocycles. The van der Waals surface area contributed by atoms with Gasteiger partial charge in [-0.25, -0.2) is 0 Å². The quantitative estimate of drug-likeness (QED) is 0.848. The Balaban J connectivity index is 3.07. The van der Waals surface area contributed by atoms with E-state index in [4.69, 9.17) is 10.5 Å². The number of methoxy groups -OCH3 is 1. The van der Waals surface area contributed by atoms with Crippen LogP contribution in [0, 0.1) is 0 Å². The Morgan fingerprint density at radius 3 is 2.38 bits per heavy atom. The third kappa shape index (κ3) is 3.53. The molecular formula is C14H23NO. The molecule has 0 fully saturated rings. The first-order valence-electron chi connectivity index (χ1n) is 5.79. The zero-order valence-corrected chi connectivity index (χ0v) is 11.0. The van der Waals surface area contributed by atoms with Gasteiger partial charge in [-0.05, 0) is 43.4 Å². The normalized spacial score (nSPS) is 11.9. The number of rotatable bonds is 4. The molecule has 0 amide bonds. The summed E-state index contributed by atoms with van der Waals surface area (Å²) in [5.41, 5.74) is 8.39. The molecule has 0 aromatic heterocycles. The van der Waals surface area contributed by atoms with Gasteiger partial charge in [0.1, 0.15) is 5.75 Å². The van der Waals surface area contributed by atoms with Crippen LogP contribution < -0.4 is 10.5 Å². The molecule has 1 rings (SSSR count). The highest BCUT2D eigenvalue weighted by Gasteiger charge is 2.15. The maximum Gasteiger partial charge on any atom is 0.122 e. The molecule has 0 aliphatic carbocycles. The van der Waals surface area contributed by atoms with Gasteiger partial charge in [0.15, 0.2) is 0 Å². The summed E-state index contributed by atoms with van der Waals surface area (Å²) in [6, 6.07) is 6.37. The number of ether oxygens (including phenoxy) is 1. The average molecular weight is 221 g/mol. The minimum Gasteiger partial charge on any atom is -0.496 e. The standard InChI is InChI=1S/C14H23NO/c1-10(2)11-6-7-13(16-5)12(8-11)9-14(3,4)15/h6-8,10H,9,15H2,1-5H3. The number of hydrogen-bond donors (Lipinski definition) is 1. The number of hydrogen-bond acceptors (Lipinski definition) is 2. The van der Waals surface area contributed by atoms with Crippen molar-refractivity contribution in [2.24, 2.45) is 5.73 Å². The molecule has 0 unspecified atom stereocenters. The van der Waals surface area contributed by atoms with Gasteiger partial charge in [-0.3, -0.25) is 0 Å². The fourth-order valence-electron chi connectivity index (χ4n) is 1.79. The van der Waals surface area contributed by atoms with Crippen LogP contribution in [-0.2, 0) is 6.42 Å². The van der Waals surface area contributed by atoms with Crippen LogP contribution in [0.2, 0.25) is 0 Å². The molecule has 0 saturated carbocycles. The number of nitrogens with two attached hydrogens (primary N) is 1. The van der Waals surface area contributed by atoms with Gasteiger partial charge in [-0.15, -0.1) is 0 Å². The van der Waals surface area contributed by atoms with E-state index in [2.05, 4.69) is 26.0 Å². The van der Waals surface area contributed by atoms with E-state index in [9.17, 15) is 0 Å². The molecular weight excluding hydrogens is 198 g/mol. The van der Waals surface area contributed by atoms with Crippen LogP contribution in [-0.4, -0.2) is 12.6 Å². The van der Waals surface area contributed by atoms with E-state index in [1.54, 1.807) is 7.11 Å². The summed E-state index contributed by atoms with van der Waals surface area (Å²) in [6.45, 7) is 8.46. The Labute approximate surface area is 98.8 Å². The van der Waals surface area contributed by atoms with Crippen LogP contribution in [0.1, 0.15) is 44.7 Å². The second-order valence-corrected chi connectivity index (χ2v) is 5.39. The zero-order chi connectivity index (χ0) is 12.3. The van der Waals surface area contributed by atoms with Crippen molar-refractivity contribution in [2.75, 3.05) is 7.11 Å².